The molecule has 0 atom stereocenters. The molecule has 2 aromatic heterocycles. The Hall–Kier alpha value is -2.44. The van der Waals surface area contributed by atoms with Gasteiger partial charge in [-0.3, -0.25) is 9.59 Å². The van der Waals surface area contributed by atoms with Crippen molar-refractivity contribution in [3.8, 4) is 0 Å². The molecule has 1 fully saturated rings. The maximum absolute atomic E-state index is 12.2. The molecule has 1 aliphatic carbocycles. The smallest absolute Gasteiger partial charge is 0.311 e. The number of aromatic nitrogens is 3. The third-order valence-electron chi connectivity index (χ3n) is 3.92. The Bertz CT molecular complexity index is 746. The molecular weight excluding hydrogens is 272 g/mol. The van der Waals surface area contributed by atoms with Gasteiger partial charge in [-0.15, -0.1) is 0 Å². The Balaban J connectivity index is 1.84. The van der Waals surface area contributed by atoms with Crippen LogP contribution in [-0.4, -0.2) is 38.1 Å². The maximum Gasteiger partial charge on any atom is 0.311 e. The van der Waals surface area contributed by atoms with Crippen LogP contribution < -0.4 is 5.32 Å². The Morgan fingerprint density at radius 2 is 2.14 bits per heavy atom. The summed E-state index contributed by atoms with van der Waals surface area (Å²) in [6.45, 7) is 3.88. The average molecular weight is 288 g/mol. The number of carbonyl (C=O) groups is 2. The Kier molecular flexibility index (Phi) is 2.93. The normalized spacial score (nSPS) is 15.9. The van der Waals surface area contributed by atoms with Crippen molar-refractivity contribution in [1.82, 2.24) is 19.9 Å². The van der Waals surface area contributed by atoms with E-state index < -0.39 is 11.4 Å². The first-order chi connectivity index (χ1) is 9.93. The molecule has 110 valence electrons. The van der Waals surface area contributed by atoms with Gasteiger partial charge in [0.25, 0.3) is 5.91 Å². The van der Waals surface area contributed by atoms with Gasteiger partial charge in [0.1, 0.15) is 5.56 Å². The van der Waals surface area contributed by atoms with E-state index in [0.29, 0.717) is 24.1 Å². The van der Waals surface area contributed by atoms with Crippen LogP contribution in [0.4, 0.5) is 0 Å². The standard InChI is InChI=1S/C14H16N4O3/c1-8-5-9(2)18-11(17-8)10(6-16-18)12(19)15-7-14(3-4-14)13(20)21/h5-6H,3-4,7H2,1-2H3,(H,15,19)(H,20,21). The van der Waals surface area contributed by atoms with Crippen LogP contribution in [0.5, 0.6) is 0 Å². The van der Waals surface area contributed by atoms with E-state index in [1.165, 1.54) is 6.20 Å². The minimum atomic E-state index is -0.854. The van der Waals surface area contributed by atoms with Gasteiger partial charge < -0.3 is 10.4 Å². The highest BCUT2D eigenvalue weighted by atomic mass is 16.4. The highest BCUT2D eigenvalue weighted by Crippen LogP contribution is 2.45. The summed E-state index contributed by atoms with van der Waals surface area (Å²) in [4.78, 5) is 27.7. The third kappa shape index (κ3) is 2.24. The second-order valence-corrected chi connectivity index (χ2v) is 5.60. The van der Waals surface area contributed by atoms with Crippen LogP contribution in [0.2, 0.25) is 0 Å². The Morgan fingerprint density at radius 3 is 2.76 bits per heavy atom. The molecule has 0 bridgehead atoms. The number of hydrogen-bond acceptors (Lipinski definition) is 4. The highest BCUT2D eigenvalue weighted by molar-refractivity contribution is 6.00. The molecule has 2 heterocycles. The van der Waals surface area contributed by atoms with Gasteiger partial charge in [0.2, 0.25) is 0 Å². The molecule has 0 aromatic carbocycles. The van der Waals surface area contributed by atoms with Gasteiger partial charge in [-0.25, -0.2) is 9.50 Å². The largest absolute Gasteiger partial charge is 0.481 e. The molecule has 7 nitrogen and oxygen atoms in total. The van der Waals surface area contributed by atoms with Gasteiger partial charge in [-0.2, -0.15) is 5.10 Å². The molecule has 2 N–H and O–H groups in total. The predicted octanol–water partition coefficient (Wildman–Crippen LogP) is 0.941. The number of rotatable bonds is 4. The summed E-state index contributed by atoms with van der Waals surface area (Å²) in [5.74, 6) is -1.19. The van der Waals surface area contributed by atoms with Gasteiger partial charge in [0.05, 0.1) is 11.6 Å². The number of aryl methyl sites for hydroxylation is 2. The highest BCUT2D eigenvalue weighted by Gasteiger charge is 2.50. The summed E-state index contributed by atoms with van der Waals surface area (Å²) in [5, 5.41) is 16.0. The number of aliphatic carboxylic acids is 1. The molecule has 0 unspecified atom stereocenters. The summed E-state index contributed by atoms with van der Waals surface area (Å²) < 4.78 is 1.60. The van der Waals surface area contributed by atoms with E-state index in [0.717, 1.165) is 11.4 Å². The third-order valence-corrected chi connectivity index (χ3v) is 3.92. The lowest BCUT2D eigenvalue weighted by molar-refractivity contribution is -0.143. The second kappa shape index (κ2) is 4.54. The minimum absolute atomic E-state index is 0.142. The van der Waals surface area contributed by atoms with Crippen LogP contribution in [0, 0.1) is 19.3 Å². The zero-order valence-corrected chi connectivity index (χ0v) is 11.9. The first kappa shape index (κ1) is 13.5. The number of fused-ring (bicyclic) bond motifs is 1. The van der Waals surface area contributed by atoms with E-state index in [-0.39, 0.29) is 12.5 Å². The number of carboxylic acid groups (broad SMARTS) is 1. The molecule has 1 saturated carbocycles. The summed E-state index contributed by atoms with van der Waals surface area (Å²) in [6, 6.07) is 1.88. The van der Waals surface area contributed by atoms with Crippen molar-refractivity contribution in [3.05, 3.63) is 29.2 Å². The number of nitrogens with one attached hydrogen (secondary N) is 1. The van der Waals surface area contributed by atoms with Crippen molar-refractivity contribution in [3.63, 3.8) is 0 Å². The van der Waals surface area contributed by atoms with Crippen molar-refractivity contribution in [2.24, 2.45) is 5.41 Å². The first-order valence-electron chi connectivity index (χ1n) is 6.76. The van der Waals surface area contributed by atoms with Gasteiger partial charge >= 0.3 is 5.97 Å². The Morgan fingerprint density at radius 1 is 1.43 bits per heavy atom. The van der Waals surface area contributed by atoms with E-state index in [1.54, 1.807) is 4.52 Å². The topological polar surface area (TPSA) is 96.6 Å². The van der Waals surface area contributed by atoms with E-state index in [4.69, 9.17) is 5.11 Å². The van der Waals surface area contributed by atoms with Crippen molar-refractivity contribution < 1.29 is 14.7 Å². The lowest BCUT2D eigenvalue weighted by atomic mass is 10.1. The molecule has 3 rings (SSSR count). The summed E-state index contributed by atoms with van der Waals surface area (Å²) >= 11 is 0. The molecule has 0 spiro atoms. The van der Waals surface area contributed by atoms with Gasteiger partial charge in [-0.05, 0) is 32.8 Å². The molecule has 1 aliphatic rings. The van der Waals surface area contributed by atoms with Gasteiger partial charge in [-0.1, -0.05) is 0 Å². The fourth-order valence-corrected chi connectivity index (χ4v) is 2.39. The second-order valence-electron chi connectivity index (χ2n) is 5.60. The SMILES string of the molecule is Cc1cc(C)n2ncc(C(=O)NCC3(C(=O)O)CC3)c2n1. The van der Waals surface area contributed by atoms with Crippen LogP contribution >= 0.6 is 0 Å². The molecular formula is C14H16N4O3. The van der Waals surface area contributed by atoms with Crippen molar-refractivity contribution in [1.29, 1.82) is 0 Å². The van der Waals surface area contributed by atoms with Crippen LogP contribution in [0.1, 0.15) is 34.6 Å². The van der Waals surface area contributed by atoms with Crippen molar-refractivity contribution >= 4 is 17.5 Å². The fourth-order valence-electron chi connectivity index (χ4n) is 2.39. The molecule has 1 amide bonds. The number of hydrogen-bond donors (Lipinski definition) is 2. The Labute approximate surface area is 121 Å². The average Bonchev–Trinajstić information content (AvgIpc) is 3.10. The maximum atomic E-state index is 12.2. The van der Waals surface area contributed by atoms with Crippen molar-refractivity contribution in [2.75, 3.05) is 6.54 Å². The monoisotopic (exact) mass is 288 g/mol. The molecule has 2 aromatic rings. The first-order valence-corrected chi connectivity index (χ1v) is 6.76. The summed E-state index contributed by atoms with van der Waals surface area (Å²) in [5.41, 5.74) is 1.77. The van der Waals surface area contributed by atoms with E-state index in [9.17, 15) is 9.59 Å². The number of carbonyl (C=O) groups excluding carboxylic acids is 1. The van der Waals surface area contributed by atoms with E-state index >= 15 is 0 Å². The van der Waals surface area contributed by atoms with Gasteiger partial charge in [0.15, 0.2) is 5.65 Å². The minimum Gasteiger partial charge on any atom is -0.481 e. The van der Waals surface area contributed by atoms with E-state index in [2.05, 4.69) is 15.4 Å². The van der Waals surface area contributed by atoms with Crippen LogP contribution in [-0.2, 0) is 4.79 Å². The lowest BCUT2D eigenvalue weighted by Gasteiger charge is -2.10. The molecule has 21 heavy (non-hydrogen) atoms. The van der Waals surface area contributed by atoms with Crippen LogP contribution in [0.25, 0.3) is 5.65 Å². The zero-order chi connectivity index (χ0) is 15.2. The number of carboxylic acids is 1. The van der Waals surface area contributed by atoms with Gasteiger partial charge in [0, 0.05) is 17.9 Å². The summed E-state index contributed by atoms with van der Waals surface area (Å²) in [7, 11) is 0. The molecule has 0 aliphatic heterocycles. The van der Waals surface area contributed by atoms with Crippen molar-refractivity contribution in [2.45, 2.75) is 26.7 Å². The summed E-state index contributed by atoms with van der Waals surface area (Å²) in [6.07, 6.45) is 2.67. The molecule has 7 heteroatoms. The number of amides is 1. The quantitative estimate of drug-likeness (QED) is 0.872. The van der Waals surface area contributed by atoms with E-state index in [1.807, 2.05) is 19.9 Å². The number of nitrogens with zero attached hydrogens (tertiary/aromatic N) is 3. The molecule has 0 radical (unpaired) electrons. The fraction of sp³-hybridized carbons (Fsp3) is 0.429. The van der Waals surface area contributed by atoms with Crippen LogP contribution in [0.15, 0.2) is 12.3 Å². The predicted molar refractivity (Wildman–Crippen MR) is 74.1 cm³/mol. The van der Waals surface area contributed by atoms with Crippen LogP contribution in [0.3, 0.4) is 0 Å². The zero-order valence-electron chi connectivity index (χ0n) is 11.9. The molecule has 0 saturated heterocycles. The lowest BCUT2D eigenvalue weighted by Crippen LogP contribution is -2.34.